The number of amides is 2. The fourth-order valence-electron chi connectivity index (χ4n) is 2.65. The smallest absolute Gasteiger partial charge is 0.325 e. The largest absolute Gasteiger partial charge is 0.454 e. The van der Waals surface area contributed by atoms with Gasteiger partial charge in [-0.1, -0.05) is 17.7 Å². The number of aryl methyl sites for hydroxylation is 3. The summed E-state index contributed by atoms with van der Waals surface area (Å²) in [5.74, 6) is -1.60. The van der Waals surface area contributed by atoms with Gasteiger partial charge in [0.25, 0.3) is 11.8 Å². The molecule has 29 heavy (non-hydrogen) atoms. The summed E-state index contributed by atoms with van der Waals surface area (Å²) in [6.45, 7) is 4.70. The van der Waals surface area contributed by atoms with Crippen LogP contribution in [0.3, 0.4) is 0 Å². The summed E-state index contributed by atoms with van der Waals surface area (Å²) in [5, 5.41) is 15.9. The van der Waals surface area contributed by atoms with Gasteiger partial charge in [0.2, 0.25) is 0 Å². The molecule has 2 rings (SSSR count). The molecule has 0 radical (unpaired) electrons. The van der Waals surface area contributed by atoms with Crippen LogP contribution in [0.15, 0.2) is 41.3 Å². The molecule has 0 aliphatic heterocycles. The minimum absolute atomic E-state index is 0.335. The van der Waals surface area contributed by atoms with E-state index in [4.69, 9.17) is 10.00 Å². The van der Waals surface area contributed by atoms with Crippen molar-refractivity contribution in [3.63, 3.8) is 0 Å². The summed E-state index contributed by atoms with van der Waals surface area (Å²) < 4.78 is 4.92. The Morgan fingerprint density at radius 2 is 1.79 bits per heavy atom. The third-order valence-electron chi connectivity index (χ3n) is 3.97. The Bertz CT molecular complexity index is 959. The maximum absolute atomic E-state index is 12.1. The van der Waals surface area contributed by atoms with E-state index in [2.05, 4.69) is 10.6 Å². The molecule has 2 aromatic rings. The number of hydrogen-bond acceptors (Lipinski definition) is 6. The molecule has 0 saturated carbocycles. The molecule has 0 spiro atoms. The van der Waals surface area contributed by atoms with Gasteiger partial charge in [-0.2, -0.15) is 5.26 Å². The van der Waals surface area contributed by atoms with Gasteiger partial charge in [0.1, 0.15) is 11.9 Å². The van der Waals surface area contributed by atoms with Gasteiger partial charge in [-0.3, -0.25) is 14.4 Å². The molecule has 0 heterocycles. The van der Waals surface area contributed by atoms with E-state index in [1.165, 1.54) is 0 Å². The number of carbonyl (C=O) groups is 3. The molecule has 0 bridgehead atoms. The third-order valence-corrected chi connectivity index (χ3v) is 4.53. The Kier molecular flexibility index (Phi) is 7.80. The first-order valence-electron chi connectivity index (χ1n) is 8.77. The first-order chi connectivity index (χ1) is 13.8. The number of thioether (sulfide) groups is 1. The average molecular weight is 411 g/mol. The molecule has 2 amide bonds. The second-order valence-corrected chi connectivity index (χ2v) is 7.24. The number of benzene rings is 2. The van der Waals surface area contributed by atoms with Crippen LogP contribution in [0.5, 0.6) is 0 Å². The highest BCUT2D eigenvalue weighted by molar-refractivity contribution is 8.03. The standard InChI is InChI=1S/C21H21N3O4S/c1-13-5-4-6-16(7-13)21(27)23-10-19(26)28-11-18(25)24-20-14(2)8-17(29-12-22)9-15(20)3/h4-9H,10-11H2,1-3H3,(H,23,27)(H,24,25). The number of nitriles is 1. The van der Waals surface area contributed by atoms with Gasteiger partial charge in [0.05, 0.1) is 0 Å². The zero-order chi connectivity index (χ0) is 21.4. The minimum Gasteiger partial charge on any atom is -0.454 e. The van der Waals surface area contributed by atoms with Crippen molar-refractivity contribution in [2.45, 2.75) is 25.7 Å². The fourth-order valence-corrected chi connectivity index (χ4v) is 3.22. The summed E-state index contributed by atoms with van der Waals surface area (Å²) in [6, 6.07) is 10.6. The number of hydrogen-bond donors (Lipinski definition) is 2. The van der Waals surface area contributed by atoms with Crippen LogP contribution in [0.4, 0.5) is 5.69 Å². The lowest BCUT2D eigenvalue weighted by atomic mass is 10.1. The number of thiocyanates is 1. The van der Waals surface area contributed by atoms with Crippen molar-refractivity contribution in [1.82, 2.24) is 5.32 Å². The number of ether oxygens (including phenoxy) is 1. The Labute approximate surface area is 173 Å². The van der Waals surface area contributed by atoms with Gasteiger partial charge >= 0.3 is 5.97 Å². The second-order valence-electron chi connectivity index (χ2n) is 6.39. The Morgan fingerprint density at radius 3 is 2.41 bits per heavy atom. The van der Waals surface area contributed by atoms with Crippen molar-refractivity contribution in [1.29, 1.82) is 5.26 Å². The Morgan fingerprint density at radius 1 is 1.10 bits per heavy atom. The number of esters is 1. The molecular formula is C21H21N3O4S. The number of nitrogens with one attached hydrogen (secondary N) is 2. The van der Waals surface area contributed by atoms with Crippen LogP contribution in [0.1, 0.15) is 27.0 Å². The van der Waals surface area contributed by atoms with Gasteiger partial charge in [-0.25, -0.2) is 0 Å². The van der Waals surface area contributed by atoms with Crippen molar-refractivity contribution in [2.24, 2.45) is 0 Å². The van der Waals surface area contributed by atoms with E-state index in [-0.39, 0.29) is 6.54 Å². The van der Waals surface area contributed by atoms with E-state index in [9.17, 15) is 14.4 Å². The lowest BCUT2D eigenvalue weighted by Gasteiger charge is -2.13. The van der Waals surface area contributed by atoms with Crippen LogP contribution in [0, 0.1) is 31.4 Å². The van der Waals surface area contributed by atoms with E-state index in [1.807, 2.05) is 32.2 Å². The second kappa shape index (κ2) is 10.3. The number of rotatable bonds is 7. The Hall–Kier alpha value is -3.31. The maximum Gasteiger partial charge on any atom is 0.325 e. The third kappa shape index (κ3) is 6.66. The summed E-state index contributed by atoms with van der Waals surface area (Å²) in [5.41, 5.74) is 3.59. The normalized spacial score (nSPS) is 10.0. The minimum atomic E-state index is -0.713. The van der Waals surface area contributed by atoms with E-state index in [0.29, 0.717) is 11.3 Å². The van der Waals surface area contributed by atoms with E-state index < -0.39 is 24.4 Å². The summed E-state index contributed by atoms with van der Waals surface area (Å²) >= 11 is 1.04. The van der Waals surface area contributed by atoms with Crippen LogP contribution in [0.25, 0.3) is 0 Å². The molecular weight excluding hydrogens is 390 g/mol. The Balaban J connectivity index is 1.82. The van der Waals surface area contributed by atoms with Crippen molar-refractivity contribution < 1.29 is 19.1 Å². The van der Waals surface area contributed by atoms with Gasteiger partial charge in [0.15, 0.2) is 6.61 Å². The number of nitrogens with zero attached hydrogens (tertiary/aromatic N) is 1. The topological polar surface area (TPSA) is 108 Å². The average Bonchev–Trinajstić information content (AvgIpc) is 2.67. The van der Waals surface area contributed by atoms with E-state index in [1.54, 1.807) is 30.3 Å². The van der Waals surface area contributed by atoms with Crippen LogP contribution >= 0.6 is 11.8 Å². The predicted octanol–water partition coefficient (Wildman–Crippen LogP) is 3.10. The first kappa shape index (κ1) is 22.0. The summed E-state index contributed by atoms with van der Waals surface area (Å²) in [7, 11) is 0. The lowest BCUT2D eigenvalue weighted by Crippen LogP contribution is -2.32. The number of anilines is 1. The highest BCUT2D eigenvalue weighted by Crippen LogP contribution is 2.27. The van der Waals surface area contributed by atoms with Crippen LogP contribution in [-0.2, 0) is 14.3 Å². The van der Waals surface area contributed by atoms with Crippen LogP contribution < -0.4 is 10.6 Å². The molecule has 8 heteroatoms. The van der Waals surface area contributed by atoms with Crippen molar-refractivity contribution >= 4 is 35.2 Å². The zero-order valence-electron chi connectivity index (χ0n) is 16.4. The van der Waals surface area contributed by atoms with Crippen LogP contribution in [-0.4, -0.2) is 30.9 Å². The van der Waals surface area contributed by atoms with Crippen LogP contribution in [0.2, 0.25) is 0 Å². The van der Waals surface area contributed by atoms with Gasteiger partial charge < -0.3 is 15.4 Å². The zero-order valence-corrected chi connectivity index (χ0v) is 17.2. The van der Waals surface area contributed by atoms with E-state index >= 15 is 0 Å². The molecule has 2 aromatic carbocycles. The number of carbonyl (C=O) groups excluding carboxylic acids is 3. The monoisotopic (exact) mass is 411 g/mol. The molecule has 7 nitrogen and oxygen atoms in total. The lowest BCUT2D eigenvalue weighted by molar-refractivity contribution is -0.146. The van der Waals surface area contributed by atoms with Gasteiger partial charge in [-0.05, 0) is 67.9 Å². The summed E-state index contributed by atoms with van der Waals surface area (Å²) in [6.07, 6.45) is 0. The van der Waals surface area contributed by atoms with E-state index in [0.717, 1.165) is 33.3 Å². The van der Waals surface area contributed by atoms with Crippen molar-refractivity contribution in [2.75, 3.05) is 18.5 Å². The van der Waals surface area contributed by atoms with Crippen molar-refractivity contribution in [3.8, 4) is 5.40 Å². The molecule has 0 atom stereocenters. The molecule has 0 aliphatic rings. The molecule has 0 unspecified atom stereocenters. The van der Waals surface area contributed by atoms with Gasteiger partial charge in [0, 0.05) is 16.1 Å². The first-order valence-corrected chi connectivity index (χ1v) is 9.59. The molecule has 0 saturated heterocycles. The fraction of sp³-hybridized carbons (Fsp3) is 0.238. The SMILES string of the molecule is Cc1cccc(C(=O)NCC(=O)OCC(=O)Nc2c(C)cc(SC#N)cc2C)c1. The van der Waals surface area contributed by atoms with Gasteiger partial charge in [-0.15, -0.1) is 0 Å². The quantitative estimate of drug-likeness (QED) is 0.412. The molecule has 0 aliphatic carbocycles. The molecule has 0 fully saturated rings. The highest BCUT2D eigenvalue weighted by Gasteiger charge is 2.13. The molecule has 2 N–H and O–H groups in total. The molecule has 0 aromatic heterocycles. The predicted molar refractivity (Wildman–Crippen MR) is 110 cm³/mol. The highest BCUT2D eigenvalue weighted by atomic mass is 32.2. The van der Waals surface area contributed by atoms with Crippen molar-refractivity contribution in [3.05, 3.63) is 58.7 Å². The molecule has 150 valence electrons. The maximum atomic E-state index is 12.1. The summed E-state index contributed by atoms with van der Waals surface area (Å²) in [4.78, 5) is 36.7.